The Kier molecular flexibility index (Phi) is 2.37. The van der Waals surface area contributed by atoms with E-state index in [-0.39, 0.29) is 5.69 Å². The molecule has 2 aromatic rings. The molecule has 0 atom stereocenters. The van der Waals surface area contributed by atoms with Gasteiger partial charge in [-0.15, -0.1) is 0 Å². The van der Waals surface area contributed by atoms with E-state index in [9.17, 15) is 4.79 Å². The Labute approximate surface area is 92.4 Å². The molecule has 0 saturated heterocycles. The lowest BCUT2D eigenvalue weighted by atomic mass is 10.1. The number of carbonyl (C=O) groups excluding carboxylic acids is 1. The van der Waals surface area contributed by atoms with Crippen molar-refractivity contribution in [3.05, 3.63) is 35.0 Å². The number of aryl methyl sites for hydroxylation is 1. The zero-order valence-corrected chi connectivity index (χ0v) is 9.00. The van der Waals surface area contributed by atoms with E-state index in [0.29, 0.717) is 5.56 Å². The molecule has 16 heavy (non-hydrogen) atoms. The van der Waals surface area contributed by atoms with Gasteiger partial charge in [-0.3, -0.25) is 0 Å². The maximum Gasteiger partial charge on any atom is 0.355 e. The third kappa shape index (κ3) is 1.34. The number of aromatic amines is 1. The molecule has 1 N–H and O–H groups in total. The highest BCUT2D eigenvalue weighted by atomic mass is 16.5. The molecule has 1 aromatic heterocycles. The Bertz CT molecular complexity index is 605. The van der Waals surface area contributed by atoms with Crippen molar-refractivity contribution in [3.63, 3.8) is 0 Å². The molecule has 1 aromatic carbocycles. The van der Waals surface area contributed by atoms with E-state index in [1.807, 2.05) is 31.2 Å². The average Bonchev–Trinajstić information content (AvgIpc) is 2.68. The average molecular weight is 214 g/mol. The van der Waals surface area contributed by atoms with Crippen LogP contribution in [-0.2, 0) is 4.74 Å². The first kappa shape index (κ1) is 10.2. The van der Waals surface area contributed by atoms with Gasteiger partial charge in [0.2, 0.25) is 0 Å². The summed E-state index contributed by atoms with van der Waals surface area (Å²) in [5.74, 6) is -0.521. The van der Waals surface area contributed by atoms with Gasteiger partial charge < -0.3 is 9.72 Å². The summed E-state index contributed by atoms with van der Waals surface area (Å²) < 4.78 is 4.63. The molecule has 0 unspecified atom stereocenters. The Balaban J connectivity index is 2.82. The van der Waals surface area contributed by atoms with Crippen LogP contribution in [-0.4, -0.2) is 18.1 Å². The predicted octanol–water partition coefficient (Wildman–Crippen LogP) is 2.13. The van der Waals surface area contributed by atoms with Crippen LogP contribution in [0, 0.1) is 18.3 Å². The number of aromatic nitrogens is 1. The topological polar surface area (TPSA) is 65.9 Å². The summed E-state index contributed by atoms with van der Waals surface area (Å²) in [6.45, 7) is 1.92. The number of hydrogen-bond donors (Lipinski definition) is 1. The minimum absolute atomic E-state index is 0.217. The fourth-order valence-electron chi connectivity index (χ4n) is 1.74. The zero-order valence-electron chi connectivity index (χ0n) is 9.00. The molecule has 0 aliphatic heterocycles. The normalized spacial score (nSPS) is 10.1. The van der Waals surface area contributed by atoms with Gasteiger partial charge in [0, 0.05) is 5.39 Å². The van der Waals surface area contributed by atoms with Crippen molar-refractivity contribution in [2.75, 3.05) is 7.11 Å². The van der Waals surface area contributed by atoms with E-state index in [0.717, 1.165) is 16.5 Å². The maximum atomic E-state index is 11.5. The highest BCUT2D eigenvalue weighted by Gasteiger charge is 2.18. The van der Waals surface area contributed by atoms with Crippen LogP contribution >= 0.6 is 0 Å². The molecule has 0 aliphatic rings. The molecule has 0 bridgehead atoms. The molecule has 0 radical (unpaired) electrons. The van der Waals surface area contributed by atoms with Crippen molar-refractivity contribution in [2.24, 2.45) is 0 Å². The lowest BCUT2D eigenvalue weighted by Gasteiger charge is -1.94. The van der Waals surface area contributed by atoms with Crippen LogP contribution in [0.4, 0.5) is 0 Å². The first-order chi connectivity index (χ1) is 7.69. The van der Waals surface area contributed by atoms with E-state index >= 15 is 0 Å². The number of ether oxygens (including phenoxy) is 1. The molecule has 0 saturated carbocycles. The van der Waals surface area contributed by atoms with E-state index < -0.39 is 5.97 Å². The Hall–Kier alpha value is -2.28. The summed E-state index contributed by atoms with van der Waals surface area (Å²) in [4.78, 5) is 14.4. The highest BCUT2D eigenvalue weighted by Crippen LogP contribution is 2.24. The quantitative estimate of drug-likeness (QED) is 0.739. The largest absolute Gasteiger partial charge is 0.464 e. The number of rotatable bonds is 1. The highest BCUT2D eigenvalue weighted by molar-refractivity contribution is 6.00. The standard InChI is InChI=1S/C12H10N2O2/c1-7-4-3-5-8-9(6-13)11(12(15)16-2)14-10(7)8/h3-5,14H,1-2H3. The molecule has 0 aliphatic carbocycles. The van der Waals surface area contributed by atoms with Crippen molar-refractivity contribution >= 4 is 16.9 Å². The van der Waals surface area contributed by atoms with Crippen LogP contribution in [0.15, 0.2) is 18.2 Å². The summed E-state index contributed by atoms with van der Waals surface area (Å²) in [5, 5.41) is 9.82. The zero-order chi connectivity index (χ0) is 11.7. The second kappa shape index (κ2) is 3.70. The number of methoxy groups -OCH3 is 1. The molecule has 4 nitrogen and oxygen atoms in total. The van der Waals surface area contributed by atoms with Gasteiger partial charge in [-0.1, -0.05) is 18.2 Å². The fourth-order valence-corrected chi connectivity index (χ4v) is 1.74. The van der Waals surface area contributed by atoms with Crippen molar-refractivity contribution in [1.29, 1.82) is 5.26 Å². The first-order valence-corrected chi connectivity index (χ1v) is 4.78. The van der Waals surface area contributed by atoms with E-state index in [1.165, 1.54) is 7.11 Å². The summed E-state index contributed by atoms with van der Waals surface area (Å²) in [5.41, 5.74) is 2.35. The molecule has 0 spiro atoms. The minimum atomic E-state index is -0.521. The number of nitriles is 1. The van der Waals surface area contributed by atoms with Gasteiger partial charge in [-0.05, 0) is 12.5 Å². The Morgan fingerprint density at radius 1 is 1.50 bits per heavy atom. The molecular weight excluding hydrogens is 204 g/mol. The number of H-pyrrole nitrogens is 1. The van der Waals surface area contributed by atoms with E-state index in [1.54, 1.807) is 0 Å². The Morgan fingerprint density at radius 2 is 2.25 bits per heavy atom. The minimum Gasteiger partial charge on any atom is -0.464 e. The summed E-state index contributed by atoms with van der Waals surface area (Å²) in [6, 6.07) is 7.61. The van der Waals surface area contributed by atoms with E-state index in [2.05, 4.69) is 9.72 Å². The predicted molar refractivity (Wildman–Crippen MR) is 59.1 cm³/mol. The number of fused-ring (bicyclic) bond motifs is 1. The lowest BCUT2D eigenvalue weighted by molar-refractivity contribution is 0.0595. The number of para-hydroxylation sites is 1. The van der Waals surface area contributed by atoms with Gasteiger partial charge >= 0.3 is 5.97 Å². The monoisotopic (exact) mass is 214 g/mol. The molecule has 0 amide bonds. The molecular formula is C12H10N2O2. The molecule has 2 rings (SSSR count). The Morgan fingerprint density at radius 3 is 2.88 bits per heavy atom. The number of esters is 1. The number of nitrogens with one attached hydrogen (secondary N) is 1. The second-order valence-corrected chi connectivity index (χ2v) is 3.48. The molecule has 80 valence electrons. The van der Waals surface area contributed by atoms with Crippen molar-refractivity contribution < 1.29 is 9.53 Å². The van der Waals surface area contributed by atoms with Crippen LogP contribution in [0.2, 0.25) is 0 Å². The second-order valence-electron chi connectivity index (χ2n) is 3.48. The van der Waals surface area contributed by atoms with Crippen LogP contribution in [0.3, 0.4) is 0 Å². The first-order valence-electron chi connectivity index (χ1n) is 4.78. The van der Waals surface area contributed by atoms with Crippen molar-refractivity contribution in [1.82, 2.24) is 4.98 Å². The van der Waals surface area contributed by atoms with Crippen LogP contribution in [0.5, 0.6) is 0 Å². The summed E-state index contributed by atoms with van der Waals surface area (Å²) >= 11 is 0. The van der Waals surface area contributed by atoms with Crippen LogP contribution in [0.1, 0.15) is 21.6 Å². The van der Waals surface area contributed by atoms with Gasteiger partial charge in [0.05, 0.1) is 18.2 Å². The number of hydrogen-bond acceptors (Lipinski definition) is 3. The van der Waals surface area contributed by atoms with Crippen LogP contribution < -0.4 is 0 Å². The molecule has 1 heterocycles. The maximum absolute atomic E-state index is 11.5. The van der Waals surface area contributed by atoms with E-state index in [4.69, 9.17) is 5.26 Å². The van der Waals surface area contributed by atoms with Gasteiger partial charge in [0.1, 0.15) is 11.8 Å². The SMILES string of the molecule is COC(=O)c1[nH]c2c(C)cccc2c1C#N. The van der Waals surface area contributed by atoms with Crippen molar-refractivity contribution in [2.45, 2.75) is 6.92 Å². The number of carbonyl (C=O) groups is 1. The fraction of sp³-hybridized carbons (Fsp3) is 0.167. The van der Waals surface area contributed by atoms with Crippen LogP contribution in [0.25, 0.3) is 10.9 Å². The van der Waals surface area contributed by atoms with Gasteiger partial charge in [0.25, 0.3) is 0 Å². The smallest absolute Gasteiger partial charge is 0.355 e. The summed E-state index contributed by atoms with van der Waals surface area (Å²) in [7, 11) is 1.29. The number of benzene rings is 1. The number of nitrogens with zero attached hydrogens (tertiary/aromatic N) is 1. The third-order valence-corrected chi connectivity index (χ3v) is 2.54. The summed E-state index contributed by atoms with van der Waals surface area (Å²) in [6.07, 6.45) is 0. The van der Waals surface area contributed by atoms with Gasteiger partial charge in [-0.25, -0.2) is 4.79 Å². The molecule has 0 fully saturated rings. The third-order valence-electron chi connectivity index (χ3n) is 2.54. The van der Waals surface area contributed by atoms with Gasteiger partial charge in [0.15, 0.2) is 0 Å². The van der Waals surface area contributed by atoms with Gasteiger partial charge in [-0.2, -0.15) is 5.26 Å². The van der Waals surface area contributed by atoms with Crippen molar-refractivity contribution in [3.8, 4) is 6.07 Å². The lowest BCUT2D eigenvalue weighted by Crippen LogP contribution is -2.03. The molecule has 4 heteroatoms.